The fourth-order valence-electron chi connectivity index (χ4n) is 3.50. The van der Waals surface area contributed by atoms with Gasteiger partial charge in [0.1, 0.15) is 23.8 Å². The Morgan fingerprint density at radius 2 is 1.81 bits per heavy atom. The maximum Gasteiger partial charge on any atom is 0.286 e. The summed E-state index contributed by atoms with van der Waals surface area (Å²) < 4.78 is 15.9. The number of amides is 1. The molecule has 0 spiro atoms. The third kappa shape index (κ3) is 5.54. The van der Waals surface area contributed by atoms with Crippen molar-refractivity contribution in [2.75, 3.05) is 45.4 Å². The van der Waals surface area contributed by atoms with Crippen molar-refractivity contribution in [2.24, 2.45) is 0 Å². The van der Waals surface area contributed by atoms with Gasteiger partial charge < -0.3 is 24.4 Å². The van der Waals surface area contributed by atoms with Gasteiger partial charge in [0.25, 0.3) is 11.6 Å². The normalized spacial score (nSPS) is 13.4. The van der Waals surface area contributed by atoms with Crippen LogP contribution in [-0.4, -0.2) is 61.3 Å². The Labute approximate surface area is 185 Å². The molecular weight excluding hydrogens is 418 g/mol. The van der Waals surface area contributed by atoms with E-state index in [1.807, 2.05) is 0 Å². The van der Waals surface area contributed by atoms with Crippen LogP contribution in [0.3, 0.4) is 0 Å². The van der Waals surface area contributed by atoms with Crippen molar-refractivity contribution >= 4 is 17.4 Å². The zero-order chi connectivity index (χ0) is 23.1. The van der Waals surface area contributed by atoms with E-state index in [1.165, 1.54) is 26.7 Å². The van der Waals surface area contributed by atoms with E-state index in [4.69, 9.17) is 14.2 Å². The summed E-state index contributed by atoms with van der Waals surface area (Å²) in [7, 11) is 2.76. The second kappa shape index (κ2) is 10.6. The van der Waals surface area contributed by atoms with Gasteiger partial charge >= 0.3 is 0 Å². The summed E-state index contributed by atoms with van der Waals surface area (Å²) in [4.78, 5) is 34.3. The first-order chi connectivity index (χ1) is 15.4. The number of carbonyl (C=O) groups excluding carboxylic acids is 1. The lowest BCUT2D eigenvalue weighted by molar-refractivity contribution is -0.385. The number of nitro groups is 1. The van der Waals surface area contributed by atoms with Crippen LogP contribution in [0.4, 0.5) is 11.5 Å². The van der Waals surface area contributed by atoms with Crippen molar-refractivity contribution in [1.82, 2.24) is 15.3 Å². The lowest BCUT2D eigenvalue weighted by Crippen LogP contribution is -2.30. The Balaban J connectivity index is 1.62. The van der Waals surface area contributed by atoms with Crippen LogP contribution >= 0.6 is 0 Å². The van der Waals surface area contributed by atoms with Crippen molar-refractivity contribution < 1.29 is 23.9 Å². The number of piperidine rings is 1. The number of aryl methyl sites for hydroxylation is 1. The molecule has 2 aromatic rings. The number of anilines is 1. The second-order valence-electron chi connectivity index (χ2n) is 7.25. The number of hydrogen-bond acceptors (Lipinski definition) is 9. The van der Waals surface area contributed by atoms with E-state index in [-0.39, 0.29) is 35.9 Å². The van der Waals surface area contributed by atoms with Gasteiger partial charge in [0.2, 0.25) is 5.88 Å². The number of ether oxygens (including phenoxy) is 3. The average Bonchev–Trinajstić information content (AvgIpc) is 2.80. The summed E-state index contributed by atoms with van der Waals surface area (Å²) in [6.07, 6.45) is 3.49. The first-order valence-electron chi connectivity index (χ1n) is 10.3. The summed E-state index contributed by atoms with van der Waals surface area (Å²) >= 11 is 0. The average molecular weight is 445 g/mol. The summed E-state index contributed by atoms with van der Waals surface area (Å²) in [5.41, 5.74) is -0.503. The first kappa shape index (κ1) is 23.0. The first-order valence-corrected chi connectivity index (χ1v) is 10.3. The molecule has 0 atom stereocenters. The molecule has 1 aromatic heterocycles. The highest BCUT2D eigenvalue weighted by Gasteiger charge is 2.24. The smallest absolute Gasteiger partial charge is 0.286 e. The van der Waals surface area contributed by atoms with Crippen molar-refractivity contribution in [3.8, 4) is 17.4 Å². The zero-order valence-electron chi connectivity index (χ0n) is 18.4. The lowest BCUT2D eigenvalue weighted by atomic mass is 10.1. The maximum atomic E-state index is 12.6. The molecule has 0 bridgehead atoms. The fraction of sp³-hybridized carbons (Fsp3) is 0.476. The quantitative estimate of drug-likeness (QED) is 0.351. The predicted octanol–water partition coefficient (Wildman–Crippen LogP) is 2.51. The van der Waals surface area contributed by atoms with E-state index < -0.39 is 10.8 Å². The van der Waals surface area contributed by atoms with Gasteiger partial charge in [-0.25, -0.2) is 4.98 Å². The molecule has 172 valence electrons. The van der Waals surface area contributed by atoms with Crippen LogP contribution in [0, 0.1) is 17.0 Å². The number of nitro benzene ring substituents is 1. The molecule has 1 aromatic carbocycles. The van der Waals surface area contributed by atoms with E-state index in [0.717, 1.165) is 37.8 Å². The molecule has 3 rings (SSSR count). The van der Waals surface area contributed by atoms with Crippen LogP contribution in [0.2, 0.25) is 0 Å². The monoisotopic (exact) mass is 445 g/mol. The van der Waals surface area contributed by atoms with Crippen LogP contribution in [0.25, 0.3) is 0 Å². The number of rotatable bonds is 9. The van der Waals surface area contributed by atoms with Gasteiger partial charge in [-0.1, -0.05) is 0 Å². The number of methoxy groups -OCH3 is 2. The number of nitrogens with zero attached hydrogens (tertiary/aromatic N) is 4. The van der Waals surface area contributed by atoms with E-state index in [1.54, 1.807) is 13.0 Å². The Kier molecular flexibility index (Phi) is 7.63. The minimum absolute atomic E-state index is 0.127. The van der Waals surface area contributed by atoms with E-state index in [2.05, 4.69) is 20.2 Å². The van der Waals surface area contributed by atoms with Crippen molar-refractivity contribution in [3.05, 3.63) is 39.7 Å². The number of carbonyl (C=O) groups is 1. The highest BCUT2D eigenvalue weighted by atomic mass is 16.6. The standard InChI is InChI=1S/C21H27N5O6/c1-14-23-19(25-8-5-4-6-9-25)13-20(24-14)32-10-7-22-21(27)15-11-17(30-2)18(31-3)12-16(15)26(28)29/h11-13H,4-10H2,1-3H3,(H,22,27). The number of hydrogen-bond donors (Lipinski definition) is 1. The van der Waals surface area contributed by atoms with Crippen LogP contribution in [-0.2, 0) is 0 Å². The molecule has 1 aliphatic rings. The minimum atomic E-state index is -0.640. The Morgan fingerprint density at radius 1 is 1.12 bits per heavy atom. The van der Waals surface area contributed by atoms with Gasteiger partial charge in [-0.2, -0.15) is 4.98 Å². The van der Waals surface area contributed by atoms with Crippen LogP contribution in [0.5, 0.6) is 17.4 Å². The van der Waals surface area contributed by atoms with Crippen LogP contribution < -0.4 is 24.4 Å². The maximum absolute atomic E-state index is 12.6. The van der Waals surface area contributed by atoms with E-state index in [9.17, 15) is 14.9 Å². The molecule has 1 aliphatic heterocycles. The minimum Gasteiger partial charge on any atom is -0.493 e. The molecule has 0 aliphatic carbocycles. The molecule has 2 heterocycles. The third-order valence-electron chi connectivity index (χ3n) is 5.06. The molecule has 1 amide bonds. The highest BCUT2D eigenvalue weighted by molar-refractivity contribution is 5.99. The lowest BCUT2D eigenvalue weighted by Gasteiger charge is -2.28. The van der Waals surface area contributed by atoms with Crippen LogP contribution in [0.1, 0.15) is 35.4 Å². The molecule has 1 saturated heterocycles. The Morgan fingerprint density at radius 3 is 2.47 bits per heavy atom. The largest absolute Gasteiger partial charge is 0.493 e. The summed E-state index contributed by atoms with van der Waals surface area (Å²) in [5.74, 6) is 1.63. The van der Waals surface area contributed by atoms with E-state index >= 15 is 0 Å². The van der Waals surface area contributed by atoms with Crippen molar-refractivity contribution in [1.29, 1.82) is 0 Å². The molecule has 32 heavy (non-hydrogen) atoms. The molecule has 0 saturated carbocycles. The van der Waals surface area contributed by atoms with Crippen molar-refractivity contribution in [3.63, 3.8) is 0 Å². The summed E-state index contributed by atoms with van der Waals surface area (Å²) in [5, 5.41) is 14.0. The topological polar surface area (TPSA) is 129 Å². The van der Waals surface area contributed by atoms with Gasteiger partial charge in [-0.05, 0) is 26.2 Å². The number of aromatic nitrogens is 2. The molecule has 0 radical (unpaired) electrons. The van der Waals surface area contributed by atoms with Gasteiger partial charge in [-0.15, -0.1) is 0 Å². The van der Waals surface area contributed by atoms with Crippen LogP contribution in [0.15, 0.2) is 18.2 Å². The molecule has 1 fully saturated rings. The molecule has 11 heteroatoms. The van der Waals surface area contributed by atoms with Crippen molar-refractivity contribution in [2.45, 2.75) is 26.2 Å². The van der Waals surface area contributed by atoms with Gasteiger partial charge in [0.15, 0.2) is 11.5 Å². The summed E-state index contributed by atoms with van der Waals surface area (Å²) in [6.45, 7) is 3.99. The van der Waals surface area contributed by atoms with Gasteiger partial charge in [0.05, 0.1) is 31.8 Å². The fourth-order valence-corrected chi connectivity index (χ4v) is 3.50. The Hall–Kier alpha value is -3.63. The molecule has 1 N–H and O–H groups in total. The van der Waals surface area contributed by atoms with Gasteiger partial charge in [0, 0.05) is 25.2 Å². The molecule has 0 unspecified atom stereocenters. The third-order valence-corrected chi connectivity index (χ3v) is 5.06. The van der Waals surface area contributed by atoms with Gasteiger partial charge in [-0.3, -0.25) is 14.9 Å². The zero-order valence-corrected chi connectivity index (χ0v) is 18.4. The summed E-state index contributed by atoms with van der Waals surface area (Å²) in [6, 6.07) is 4.24. The second-order valence-corrected chi connectivity index (χ2v) is 7.25. The SMILES string of the molecule is COc1cc(C(=O)NCCOc2cc(N3CCCCC3)nc(C)n2)c([N+](=O)[O-])cc1OC. The predicted molar refractivity (Wildman–Crippen MR) is 117 cm³/mol. The van der Waals surface area contributed by atoms with E-state index in [0.29, 0.717) is 11.7 Å². The Bertz CT molecular complexity index is 977. The molecular formula is C21H27N5O6. The number of nitrogens with one attached hydrogen (secondary N) is 1. The molecule has 11 nitrogen and oxygen atoms in total. The highest BCUT2D eigenvalue weighted by Crippen LogP contribution is 2.34. The number of benzene rings is 1.